The van der Waals surface area contributed by atoms with Crippen LogP contribution in [0.3, 0.4) is 0 Å². The Balaban J connectivity index is 1.46. The van der Waals surface area contributed by atoms with Gasteiger partial charge in [-0.3, -0.25) is 0 Å². The highest BCUT2D eigenvalue weighted by atomic mass is 19.2. The van der Waals surface area contributed by atoms with Crippen molar-refractivity contribution in [3.8, 4) is 0 Å². The fourth-order valence-corrected chi connectivity index (χ4v) is 4.82. The third-order valence-electron chi connectivity index (χ3n) is 6.14. The highest BCUT2D eigenvalue weighted by molar-refractivity contribution is 5.69. The van der Waals surface area contributed by atoms with Crippen LogP contribution in [0.15, 0.2) is 42.5 Å². The lowest BCUT2D eigenvalue weighted by atomic mass is 9.73. The first-order valence-corrected chi connectivity index (χ1v) is 10.2. The molecule has 2 atom stereocenters. The smallest absolute Gasteiger partial charge is 0.410 e. The summed E-state index contributed by atoms with van der Waals surface area (Å²) in [7, 11) is 0. The summed E-state index contributed by atoms with van der Waals surface area (Å²) in [6.45, 7) is 0.167. The Bertz CT molecular complexity index is 907. The number of fused-ring (bicyclic) bond motifs is 2. The van der Waals surface area contributed by atoms with Crippen molar-refractivity contribution in [1.82, 2.24) is 4.90 Å². The van der Waals surface area contributed by atoms with E-state index in [9.17, 15) is 23.1 Å². The first-order chi connectivity index (χ1) is 14.4. The van der Waals surface area contributed by atoms with E-state index in [2.05, 4.69) is 0 Å². The summed E-state index contributed by atoms with van der Waals surface area (Å²) in [5.74, 6) is -4.05. The van der Waals surface area contributed by atoms with Gasteiger partial charge in [0.2, 0.25) is 0 Å². The van der Waals surface area contributed by atoms with E-state index in [4.69, 9.17) is 4.74 Å². The Labute approximate surface area is 173 Å². The number of benzene rings is 2. The van der Waals surface area contributed by atoms with Crippen molar-refractivity contribution in [3.63, 3.8) is 0 Å². The van der Waals surface area contributed by atoms with Crippen LogP contribution in [0.25, 0.3) is 0 Å². The van der Waals surface area contributed by atoms with E-state index in [0.29, 0.717) is 12.8 Å². The Morgan fingerprint density at radius 2 is 1.70 bits per heavy atom. The molecule has 160 valence electrons. The lowest BCUT2D eigenvalue weighted by molar-refractivity contribution is -0.0849. The van der Waals surface area contributed by atoms with Crippen molar-refractivity contribution >= 4 is 6.09 Å². The number of carbonyl (C=O) groups excluding carboxylic acids is 1. The van der Waals surface area contributed by atoms with Crippen molar-refractivity contribution < 1.29 is 27.8 Å². The third-order valence-corrected chi connectivity index (χ3v) is 6.14. The zero-order valence-electron chi connectivity index (χ0n) is 16.5. The molecule has 2 aromatic carbocycles. The van der Waals surface area contributed by atoms with Crippen LogP contribution in [-0.4, -0.2) is 33.8 Å². The van der Waals surface area contributed by atoms with Gasteiger partial charge in [-0.25, -0.2) is 18.0 Å². The average Bonchev–Trinajstić information content (AvgIpc) is 2.72. The van der Waals surface area contributed by atoms with Crippen molar-refractivity contribution in [3.05, 3.63) is 71.0 Å². The van der Waals surface area contributed by atoms with E-state index < -0.39 is 29.1 Å². The van der Waals surface area contributed by atoms with Crippen LogP contribution in [0.2, 0.25) is 0 Å². The molecule has 0 aromatic heterocycles. The van der Waals surface area contributed by atoms with Gasteiger partial charge in [0.25, 0.3) is 0 Å². The van der Waals surface area contributed by atoms with E-state index >= 15 is 0 Å². The molecule has 2 aliphatic heterocycles. The molecule has 2 fully saturated rings. The van der Waals surface area contributed by atoms with Gasteiger partial charge in [-0.05, 0) is 49.3 Å². The summed E-state index contributed by atoms with van der Waals surface area (Å²) in [5, 5.41) is 11.2. The molecule has 2 bridgehead atoms. The van der Waals surface area contributed by atoms with Gasteiger partial charge in [0.05, 0.1) is 5.60 Å². The van der Waals surface area contributed by atoms with Gasteiger partial charge in [-0.15, -0.1) is 0 Å². The van der Waals surface area contributed by atoms with Crippen molar-refractivity contribution in [2.75, 3.05) is 0 Å². The first kappa shape index (κ1) is 20.7. The number of hydrogen-bond donors (Lipinski definition) is 1. The molecular weight excluding hydrogens is 395 g/mol. The van der Waals surface area contributed by atoms with E-state index in [1.165, 1.54) is 6.07 Å². The van der Waals surface area contributed by atoms with Crippen molar-refractivity contribution in [1.29, 1.82) is 0 Å². The quantitative estimate of drug-likeness (QED) is 0.729. The molecule has 0 radical (unpaired) electrons. The Kier molecular flexibility index (Phi) is 5.73. The summed E-state index contributed by atoms with van der Waals surface area (Å²) >= 11 is 0. The summed E-state index contributed by atoms with van der Waals surface area (Å²) in [6, 6.07) is 10.9. The molecular formula is C23H24F3NO3. The van der Waals surface area contributed by atoms with Crippen LogP contribution in [0.1, 0.15) is 43.2 Å². The summed E-state index contributed by atoms with van der Waals surface area (Å²) in [6.07, 6.45) is 2.27. The SMILES string of the molecule is O=C(OCc1ccccc1)N1C2CCCC1CC(O)(Cc1ccc(F)c(F)c1F)C2. The summed E-state index contributed by atoms with van der Waals surface area (Å²) < 4.78 is 46.4. The van der Waals surface area contributed by atoms with Gasteiger partial charge >= 0.3 is 6.09 Å². The molecule has 1 amide bonds. The van der Waals surface area contributed by atoms with Gasteiger partial charge < -0.3 is 14.7 Å². The Morgan fingerprint density at radius 3 is 2.37 bits per heavy atom. The minimum atomic E-state index is -1.53. The van der Waals surface area contributed by atoms with E-state index in [1.807, 2.05) is 30.3 Å². The van der Waals surface area contributed by atoms with E-state index in [0.717, 1.165) is 18.1 Å². The highest BCUT2D eigenvalue weighted by Crippen LogP contribution is 2.41. The van der Waals surface area contributed by atoms with Gasteiger partial charge in [-0.2, -0.15) is 0 Å². The van der Waals surface area contributed by atoms with Gasteiger partial charge in [0.1, 0.15) is 6.61 Å². The molecule has 2 aliphatic rings. The average molecular weight is 419 g/mol. The van der Waals surface area contributed by atoms with Gasteiger partial charge in [0, 0.05) is 18.5 Å². The Hall–Kier alpha value is -2.54. The first-order valence-electron chi connectivity index (χ1n) is 10.2. The van der Waals surface area contributed by atoms with Crippen LogP contribution in [0.4, 0.5) is 18.0 Å². The maximum Gasteiger partial charge on any atom is 0.410 e. The number of halogens is 3. The van der Waals surface area contributed by atoms with Crippen LogP contribution >= 0.6 is 0 Å². The molecule has 30 heavy (non-hydrogen) atoms. The predicted octanol–water partition coefficient (Wildman–Crippen LogP) is 4.73. The lowest BCUT2D eigenvalue weighted by Gasteiger charge is -2.51. The fourth-order valence-electron chi connectivity index (χ4n) is 4.82. The number of hydrogen-bond acceptors (Lipinski definition) is 3. The van der Waals surface area contributed by atoms with Gasteiger partial charge in [-0.1, -0.05) is 36.4 Å². The Morgan fingerprint density at radius 1 is 1.03 bits per heavy atom. The van der Waals surface area contributed by atoms with Crippen LogP contribution in [0.5, 0.6) is 0 Å². The van der Waals surface area contributed by atoms with Crippen LogP contribution in [0, 0.1) is 17.5 Å². The van der Waals surface area contributed by atoms with Crippen molar-refractivity contribution in [2.45, 2.75) is 62.8 Å². The van der Waals surface area contributed by atoms with Crippen LogP contribution < -0.4 is 0 Å². The molecule has 1 N–H and O–H groups in total. The number of aliphatic hydroxyl groups is 1. The maximum atomic E-state index is 14.1. The van der Waals surface area contributed by atoms with E-state index in [-0.39, 0.29) is 43.5 Å². The topological polar surface area (TPSA) is 49.8 Å². The molecule has 4 nitrogen and oxygen atoms in total. The molecule has 4 rings (SSSR count). The predicted molar refractivity (Wildman–Crippen MR) is 104 cm³/mol. The van der Waals surface area contributed by atoms with Gasteiger partial charge in [0.15, 0.2) is 17.5 Å². The normalized spacial score (nSPS) is 25.8. The number of carbonyl (C=O) groups is 1. The largest absolute Gasteiger partial charge is 0.445 e. The maximum absolute atomic E-state index is 14.1. The summed E-state index contributed by atoms with van der Waals surface area (Å²) in [5.41, 5.74) is -0.468. The second-order valence-corrected chi connectivity index (χ2v) is 8.33. The molecule has 7 heteroatoms. The fraction of sp³-hybridized carbons (Fsp3) is 0.435. The number of ether oxygens (including phenoxy) is 1. The highest BCUT2D eigenvalue weighted by Gasteiger charge is 2.48. The lowest BCUT2D eigenvalue weighted by Crippen LogP contribution is -2.60. The molecule has 2 aromatic rings. The third kappa shape index (κ3) is 4.17. The second-order valence-electron chi connectivity index (χ2n) is 8.33. The standard InChI is InChI=1S/C23H24F3NO3/c24-19-10-9-16(20(25)21(19)26)11-23(29)12-17-7-4-8-18(13-23)27(17)22(28)30-14-15-5-2-1-3-6-15/h1-3,5-6,9-10,17-18,29H,4,7-8,11-14H2. The zero-order chi connectivity index (χ0) is 21.3. The summed E-state index contributed by atoms with van der Waals surface area (Å²) in [4.78, 5) is 14.5. The number of piperidine rings is 2. The van der Waals surface area contributed by atoms with Crippen LogP contribution in [-0.2, 0) is 17.8 Å². The minimum Gasteiger partial charge on any atom is -0.445 e. The monoisotopic (exact) mass is 419 g/mol. The molecule has 2 saturated heterocycles. The number of nitrogens with zero attached hydrogens (tertiary/aromatic N) is 1. The number of rotatable bonds is 4. The zero-order valence-corrected chi connectivity index (χ0v) is 16.5. The van der Waals surface area contributed by atoms with E-state index in [1.54, 1.807) is 4.90 Å². The minimum absolute atomic E-state index is 0.0606. The molecule has 2 heterocycles. The molecule has 0 spiro atoms. The van der Waals surface area contributed by atoms with Crippen molar-refractivity contribution in [2.24, 2.45) is 0 Å². The molecule has 2 unspecified atom stereocenters. The molecule has 0 aliphatic carbocycles. The molecule has 0 saturated carbocycles. The number of amides is 1. The second kappa shape index (κ2) is 8.30.